The van der Waals surface area contributed by atoms with E-state index in [1.165, 1.54) is 5.56 Å². The smallest absolute Gasteiger partial charge is 0.132 e. The highest BCUT2D eigenvalue weighted by Crippen LogP contribution is 2.15. The summed E-state index contributed by atoms with van der Waals surface area (Å²) in [5, 5.41) is 3.09. The van der Waals surface area contributed by atoms with Gasteiger partial charge in [-0.15, -0.1) is 0 Å². The molecule has 0 atom stereocenters. The topological polar surface area (TPSA) is 37.8 Å². The fraction of sp³-hybridized carbons (Fsp3) is 0.600. The van der Waals surface area contributed by atoms with Gasteiger partial charge in [0.15, 0.2) is 0 Å². The number of rotatable bonds is 3. The van der Waals surface area contributed by atoms with Gasteiger partial charge in [-0.3, -0.25) is 0 Å². The molecule has 0 aromatic carbocycles. The highest BCUT2D eigenvalue weighted by molar-refractivity contribution is 5.45. The van der Waals surface area contributed by atoms with Crippen molar-refractivity contribution in [3.05, 3.63) is 17.1 Å². The molecule has 0 unspecified atom stereocenters. The molecule has 0 aliphatic rings. The molecule has 0 aliphatic heterocycles. The minimum absolute atomic E-state index is 0.891. The Hall–Kier alpha value is -1.12. The van der Waals surface area contributed by atoms with Gasteiger partial charge in [0.1, 0.15) is 11.6 Å². The third-order valence-corrected chi connectivity index (χ3v) is 2.18. The average molecular weight is 179 g/mol. The normalized spacial score (nSPS) is 10.2. The van der Waals surface area contributed by atoms with Crippen LogP contribution in [0.25, 0.3) is 0 Å². The third-order valence-electron chi connectivity index (χ3n) is 2.18. The fourth-order valence-electron chi connectivity index (χ4n) is 1.36. The van der Waals surface area contributed by atoms with Gasteiger partial charge in [0.25, 0.3) is 0 Å². The van der Waals surface area contributed by atoms with Crippen LogP contribution in [-0.2, 0) is 12.8 Å². The van der Waals surface area contributed by atoms with Gasteiger partial charge in [-0.25, -0.2) is 9.97 Å². The first-order chi connectivity index (χ1) is 6.22. The van der Waals surface area contributed by atoms with Gasteiger partial charge >= 0.3 is 0 Å². The van der Waals surface area contributed by atoms with Crippen LogP contribution in [-0.4, -0.2) is 17.0 Å². The second kappa shape index (κ2) is 4.21. The summed E-state index contributed by atoms with van der Waals surface area (Å²) in [7, 11) is 1.90. The van der Waals surface area contributed by atoms with Crippen LogP contribution in [0.4, 0.5) is 5.82 Å². The molecule has 1 aromatic rings. The largest absolute Gasteiger partial charge is 0.373 e. The number of hydrogen-bond donors (Lipinski definition) is 1. The van der Waals surface area contributed by atoms with Crippen LogP contribution in [0.15, 0.2) is 0 Å². The average Bonchev–Trinajstić information content (AvgIpc) is 2.18. The van der Waals surface area contributed by atoms with E-state index >= 15 is 0 Å². The molecule has 1 aromatic heterocycles. The SMILES string of the molecule is CCc1nc(CC)c(C)c(NC)n1. The first-order valence-electron chi connectivity index (χ1n) is 4.77. The quantitative estimate of drug-likeness (QED) is 0.770. The number of hydrogen-bond acceptors (Lipinski definition) is 3. The van der Waals surface area contributed by atoms with E-state index in [0.29, 0.717) is 0 Å². The second-order valence-corrected chi connectivity index (χ2v) is 3.02. The van der Waals surface area contributed by atoms with E-state index in [0.717, 1.165) is 30.2 Å². The van der Waals surface area contributed by atoms with E-state index in [9.17, 15) is 0 Å². The minimum Gasteiger partial charge on any atom is -0.373 e. The summed E-state index contributed by atoms with van der Waals surface area (Å²) < 4.78 is 0. The Morgan fingerprint density at radius 2 is 1.85 bits per heavy atom. The zero-order valence-corrected chi connectivity index (χ0v) is 8.81. The first kappa shape index (κ1) is 9.96. The van der Waals surface area contributed by atoms with Crippen molar-refractivity contribution in [1.82, 2.24) is 9.97 Å². The van der Waals surface area contributed by atoms with Gasteiger partial charge in [-0.2, -0.15) is 0 Å². The first-order valence-corrected chi connectivity index (χ1v) is 4.77. The van der Waals surface area contributed by atoms with Gasteiger partial charge in [0.2, 0.25) is 0 Å². The van der Waals surface area contributed by atoms with Gasteiger partial charge < -0.3 is 5.32 Å². The van der Waals surface area contributed by atoms with Crippen LogP contribution in [0.3, 0.4) is 0 Å². The van der Waals surface area contributed by atoms with E-state index in [4.69, 9.17) is 0 Å². The van der Waals surface area contributed by atoms with Crippen molar-refractivity contribution in [1.29, 1.82) is 0 Å². The van der Waals surface area contributed by atoms with E-state index in [2.05, 4.69) is 36.1 Å². The van der Waals surface area contributed by atoms with E-state index in [-0.39, 0.29) is 0 Å². The molecule has 0 amide bonds. The Bertz CT molecular complexity index is 269. The van der Waals surface area contributed by atoms with Crippen LogP contribution in [0.5, 0.6) is 0 Å². The minimum atomic E-state index is 0.891. The fourth-order valence-corrected chi connectivity index (χ4v) is 1.36. The van der Waals surface area contributed by atoms with Crippen LogP contribution < -0.4 is 5.32 Å². The summed E-state index contributed by atoms with van der Waals surface area (Å²) in [6, 6.07) is 0. The molecule has 0 saturated heterocycles. The monoisotopic (exact) mass is 179 g/mol. The molecule has 1 heterocycles. The number of aromatic nitrogens is 2. The molecule has 3 heteroatoms. The van der Waals surface area contributed by atoms with Crippen molar-refractivity contribution in [2.75, 3.05) is 12.4 Å². The molecule has 0 radical (unpaired) electrons. The molecule has 1 rings (SSSR count). The van der Waals surface area contributed by atoms with Gasteiger partial charge in [-0.05, 0) is 13.3 Å². The Morgan fingerprint density at radius 3 is 2.31 bits per heavy atom. The zero-order valence-electron chi connectivity index (χ0n) is 8.81. The van der Waals surface area contributed by atoms with Crippen LogP contribution in [0, 0.1) is 6.92 Å². The molecule has 72 valence electrons. The summed E-state index contributed by atoms with van der Waals surface area (Å²) in [6.07, 6.45) is 1.86. The Morgan fingerprint density at radius 1 is 1.15 bits per heavy atom. The molecule has 13 heavy (non-hydrogen) atoms. The maximum atomic E-state index is 4.47. The molecular formula is C10H17N3. The summed E-state index contributed by atoms with van der Waals surface area (Å²) in [5.74, 6) is 1.88. The lowest BCUT2D eigenvalue weighted by Gasteiger charge is -2.09. The standard InChI is InChI=1S/C10H17N3/c1-5-8-7(3)10(11-4)13-9(6-2)12-8/h5-6H2,1-4H3,(H,11,12,13). The molecule has 0 spiro atoms. The Labute approximate surface area is 79.6 Å². The van der Waals surface area contributed by atoms with Crippen molar-refractivity contribution in [2.24, 2.45) is 0 Å². The number of nitrogens with one attached hydrogen (secondary N) is 1. The third kappa shape index (κ3) is 1.97. The molecule has 0 saturated carbocycles. The molecule has 0 bridgehead atoms. The lowest BCUT2D eigenvalue weighted by Crippen LogP contribution is -2.06. The highest BCUT2D eigenvalue weighted by Gasteiger charge is 2.06. The number of anilines is 1. The van der Waals surface area contributed by atoms with E-state index in [1.807, 2.05) is 7.05 Å². The summed E-state index contributed by atoms with van der Waals surface area (Å²) in [5.41, 5.74) is 2.32. The van der Waals surface area contributed by atoms with Gasteiger partial charge in [-0.1, -0.05) is 13.8 Å². The van der Waals surface area contributed by atoms with E-state index in [1.54, 1.807) is 0 Å². The number of aryl methyl sites for hydroxylation is 2. The zero-order chi connectivity index (χ0) is 9.84. The molecule has 0 aliphatic carbocycles. The van der Waals surface area contributed by atoms with Crippen molar-refractivity contribution < 1.29 is 0 Å². The Kier molecular flexibility index (Phi) is 3.23. The lowest BCUT2D eigenvalue weighted by molar-refractivity contribution is 0.875. The Balaban J connectivity index is 3.20. The summed E-state index contributed by atoms with van der Waals surface area (Å²) in [4.78, 5) is 8.86. The molecule has 3 nitrogen and oxygen atoms in total. The van der Waals surface area contributed by atoms with Crippen LogP contribution in [0.1, 0.15) is 30.9 Å². The predicted octanol–water partition coefficient (Wildman–Crippen LogP) is 1.95. The number of nitrogens with zero attached hydrogens (tertiary/aromatic N) is 2. The second-order valence-electron chi connectivity index (χ2n) is 3.02. The molecule has 1 N–H and O–H groups in total. The maximum Gasteiger partial charge on any atom is 0.132 e. The van der Waals surface area contributed by atoms with Crippen LogP contribution in [0.2, 0.25) is 0 Å². The van der Waals surface area contributed by atoms with Crippen molar-refractivity contribution in [2.45, 2.75) is 33.6 Å². The molecule has 0 fully saturated rings. The van der Waals surface area contributed by atoms with Crippen LogP contribution >= 0.6 is 0 Å². The van der Waals surface area contributed by atoms with Gasteiger partial charge in [0.05, 0.1) is 0 Å². The summed E-state index contributed by atoms with van der Waals surface area (Å²) in [6.45, 7) is 6.25. The van der Waals surface area contributed by atoms with E-state index < -0.39 is 0 Å². The van der Waals surface area contributed by atoms with Crippen molar-refractivity contribution in [3.8, 4) is 0 Å². The summed E-state index contributed by atoms with van der Waals surface area (Å²) >= 11 is 0. The predicted molar refractivity (Wildman–Crippen MR) is 55.1 cm³/mol. The maximum absolute atomic E-state index is 4.47. The van der Waals surface area contributed by atoms with Gasteiger partial charge in [0, 0.05) is 24.7 Å². The lowest BCUT2D eigenvalue weighted by atomic mass is 10.2. The van der Waals surface area contributed by atoms with Crippen molar-refractivity contribution in [3.63, 3.8) is 0 Å². The molecular weight excluding hydrogens is 162 g/mol. The highest BCUT2D eigenvalue weighted by atomic mass is 15.0. The van der Waals surface area contributed by atoms with Crippen molar-refractivity contribution >= 4 is 5.82 Å².